The average Bonchev–Trinajstić information content (AvgIpc) is 2.27. The zero-order valence-electron chi connectivity index (χ0n) is 9.12. The number of carbonyl (C=O) groups is 1. The molecular formula is C13H17NO. The number of Topliss-reactive ketones (excluding diaryl/α,β-unsaturated/α-hetero) is 1. The first-order valence-corrected chi connectivity index (χ1v) is 5.60. The van der Waals surface area contributed by atoms with Crippen molar-refractivity contribution in [2.45, 2.75) is 38.6 Å². The lowest BCUT2D eigenvalue weighted by Gasteiger charge is -2.19. The van der Waals surface area contributed by atoms with E-state index in [4.69, 9.17) is 5.73 Å². The lowest BCUT2D eigenvalue weighted by molar-refractivity contribution is 0.0966. The number of hydrogen-bond donors (Lipinski definition) is 1. The summed E-state index contributed by atoms with van der Waals surface area (Å²) in [6.07, 6.45) is 4.57. The summed E-state index contributed by atoms with van der Waals surface area (Å²) in [6, 6.07) is 5.63. The molecule has 0 amide bonds. The largest absolute Gasteiger partial charge is 0.321 e. The van der Waals surface area contributed by atoms with Crippen molar-refractivity contribution in [2.24, 2.45) is 5.73 Å². The van der Waals surface area contributed by atoms with Crippen LogP contribution < -0.4 is 5.73 Å². The van der Waals surface area contributed by atoms with E-state index in [1.807, 2.05) is 12.1 Å². The number of carbonyl (C=O) groups excluding carboxylic acids is 1. The van der Waals surface area contributed by atoms with E-state index in [1.165, 1.54) is 24.0 Å². The van der Waals surface area contributed by atoms with Gasteiger partial charge >= 0.3 is 0 Å². The van der Waals surface area contributed by atoms with E-state index in [0.717, 1.165) is 18.4 Å². The molecule has 2 nitrogen and oxygen atoms in total. The number of aryl methyl sites for hydroxylation is 1. The van der Waals surface area contributed by atoms with Gasteiger partial charge in [0.1, 0.15) is 0 Å². The van der Waals surface area contributed by atoms with E-state index in [0.29, 0.717) is 0 Å². The van der Waals surface area contributed by atoms with Crippen LogP contribution in [0.15, 0.2) is 18.2 Å². The zero-order chi connectivity index (χ0) is 10.8. The van der Waals surface area contributed by atoms with Gasteiger partial charge in [-0.3, -0.25) is 4.79 Å². The zero-order valence-corrected chi connectivity index (χ0v) is 9.12. The first kappa shape index (κ1) is 10.4. The van der Waals surface area contributed by atoms with E-state index in [-0.39, 0.29) is 5.78 Å². The van der Waals surface area contributed by atoms with Crippen molar-refractivity contribution in [3.63, 3.8) is 0 Å². The second-order valence-corrected chi connectivity index (χ2v) is 4.30. The second-order valence-electron chi connectivity index (χ2n) is 4.30. The van der Waals surface area contributed by atoms with E-state index in [1.54, 1.807) is 6.92 Å². The molecule has 1 atom stereocenters. The molecule has 0 fully saturated rings. The van der Waals surface area contributed by atoms with Gasteiger partial charge in [-0.05, 0) is 43.7 Å². The van der Waals surface area contributed by atoms with E-state index in [9.17, 15) is 4.79 Å². The van der Waals surface area contributed by atoms with Gasteiger partial charge in [0.05, 0.1) is 6.04 Å². The molecule has 1 aromatic rings. The van der Waals surface area contributed by atoms with Crippen LogP contribution in [0.3, 0.4) is 0 Å². The maximum absolute atomic E-state index is 11.9. The Balaban J connectivity index is 2.43. The minimum absolute atomic E-state index is 0.0775. The highest BCUT2D eigenvalue weighted by Crippen LogP contribution is 2.25. The molecule has 0 radical (unpaired) electrons. The highest BCUT2D eigenvalue weighted by atomic mass is 16.1. The molecule has 1 aliphatic rings. The van der Waals surface area contributed by atoms with Gasteiger partial charge in [-0.25, -0.2) is 0 Å². The second kappa shape index (κ2) is 4.15. The van der Waals surface area contributed by atoms with Crippen LogP contribution in [0.5, 0.6) is 0 Å². The topological polar surface area (TPSA) is 43.1 Å². The first-order chi connectivity index (χ1) is 7.20. The molecule has 0 saturated heterocycles. The van der Waals surface area contributed by atoms with Gasteiger partial charge in [0.15, 0.2) is 5.78 Å². The Morgan fingerprint density at radius 1 is 1.33 bits per heavy atom. The summed E-state index contributed by atoms with van der Waals surface area (Å²) in [5.41, 5.74) is 9.08. The molecule has 1 aromatic carbocycles. The maximum atomic E-state index is 11.9. The molecular weight excluding hydrogens is 186 g/mol. The third-order valence-corrected chi connectivity index (χ3v) is 3.07. The van der Waals surface area contributed by atoms with Crippen molar-refractivity contribution >= 4 is 5.78 Å². The van der Waals surface area contributed by atoms with Crippen molar-refractivity contribution in [2.75, 3.05) is 0 Å². The Hall–Kier alpha value is -1.15. The predicted octanol–water partition coefficient (Wildman–Crippen LogP) is 2.10. The van der Waals surface area contributed by atoms with E-state index < -0.39 is 6.04 Å². The highest BCUT2D eigenvalue weighted by Gasteiger charge is 2.19. The minimum Gasteiger partial charge on any atom is -0.321 e. The number of benzene rings is 1. The van der Waals surface area contributed by atoms with Gasteiger partial charge in [0, 0.05) is 5.56 Å². The van der Waals surface area contributed by atoms with Gasteiger partial charge < -0.3 is 5.73 Å². The van der Waals surface area contributed by atoms with Crippen molar-refractivity contribution < 1.29 is 4.79 Å². The molecule has 1 unspecified atom stereocenters. The third-order valence-electron chi connectivity index (χ3n) is 3.07. The predicted molar refractivity (Wildman–Crippen MR) is 61.1 cm³/mol. The van der Waals surface area contributed by atoms with Crippen molar-refractivity contribution in [1.29, 1.82) is 0 Å². The van der Waals surface area contributed by atoms with Crippen LogP contribution in [0, 0.1) is 0 Å². The van der Waals surface area contributed by atoms with Crippen LogP contribution in [-0.2, 0) is 12.8 Å². The van der Waals surface area contributed by atoms with Gasteiger partial charge in [-0.15, -0.1) is 0 Å². The fourth-order valence-corrected chi connectivity index (χ4v) is 2.26. The smallest absolute Gasteiger partial charge is 0.179 e. The number of ketones is 1. The normalized spacial score (nSPS) is 16.9. The molecule has 0 aliphatic heterocycles. The summed E-state index contributed by atoms with van der Waals surface area (Å²) in [7, 11) is 0. The van der Waals surface area contributed by atoms with Gasteiger partial charge in [-0.1, -0.05) is 18.2 Å². The maximum Gasteiger partial charge on any atom is 0.179 e. The standard InChI is InChI=1S/C13H17NO/c1-9(14)13(15)12-8-4-6-10-5-2-3-7-11(10)12/h4,6,8-9H,2-3,5,7,14H2,1H3. The van der Waals surface area contributed by atoms with E-state index >= 15 is 0 Å². The van der Waals surface area contributed by atoms with Crippen LogP contribution in [0.1, 0.15) is 41.3 Å². The molecule has 0 saturated carbocycles. The number of nitrogens with two attached hydrogens (primary N) is 1. The molecule has 0 heterocycles. The monoisotopic (exact) mass is 203 g/mol. The minimum atomic E-state index is -0.390. The average molecular weight is 203 g/mol. The molecule has 0 bridgehead atoms. The fourth-order valence-electron chi connectivity index (χ4n) is 2.26. The summed E-state index contributed by atoms with van der Waals surface area (Å²) < 4.78 is 0. The summed E-state index contributed by atoms with van der Waals surface area (Å²) in [4.78, 5) is 11.9. The summed E-state index contributed by atoms with van der Waals surface area (Å²) in [5, 5.41) is 0. The summed E-state index contributed by atoms with van der Waals surface area (Å²) in [6.45, 7) is 1.75. The van der Waals surface area contributed by atoms with Gasteiger partial charge in [0.2, 0.25) is 0 Å². The van der Waals surface area contributed by atoms with Crippen LogP contribution in [0.4, 0.5) is 0 Å². The fraction of sp³-hybridized carbons (Fsp3) is 0.462. The Kier molecular flexibility index (Phi) is 2.87. The number of rotatable bonds is 2. The summed E-state index contributed by atoms with van der Waals surface area (Å²) >= 11 is 0. The lowest BCUT2D eigenvalue weighted by atomic mass is 9.86. The molecule has 2 N–H and O–H groups in total. The molecule has 0 aromatic heterocycles. The Bertz CT molecular complexity index is 382. The van der Waals surface area contributed by atoms with E-state index in [2.05, 4.69) is 6.07 Å². The summed E-state index contributed by atoms with van der Waals surface area (Å²) in [5.74, 6) is 0.0775. The Morgan fingerprint density at radius 3 is 2.80 bits per heavy atom. The third kappa shape index (κ3) is 1.95. The highest BCUT2D eigenvalue weighted by molar-refractivity contribution is 6.01. The molecule has 15 heavy (non-hydrogen) atoms. The number of hydrogen-bond acceptors (Lipinski definition) is 2. The van der Waals surface area contributed by atoms with Crippen molar-refractivity contribution in [3.8, 4) is 0 Å². The molecule has 1 aliphatic carbocycles. The van der Waals surface area contributed by atoms with Crippen LogP contribution in [-0.4, -0.2) is 11.8 Å². The molecule has 80 valence electrons. The molecule has 2 heteroatoms. The van der Waals surface area contributed by atoms with Crippen molar-refractivity contribution in [3.05, 3.63) is 34.9 Å². The SMILES string of the molecule is CC(N)C(=O)c1cccc2c1CCCC2. The van der Waals surface area contributed by atoms with Gasteiger partial charge in [-0.2, -0.15) is 0 Å². The lowest BCUT2D eigenvalue weighted by Crippen LogP contribution is -2.28. The Morgan fingerprint density at radius 2 is 2.07 bits per heavy atom. The quantitative estimate of drug-likeness (QED) is 0.748. The van der Waals surface area contributed by atoms with Crippen LogP contribution in [0.2, 0.25) is 0 Å². The number of fused-ring (bicyclic) bond motifs is 1. The Labute approximate surface area is 90.5 Å². The van der Waals surface area contributed by atoms with Crippen molar-refractivity contribution in [1.82, 2.24) is 0 Å². The van der Waals surface area contributed by atoms with Crippen LogP contribution in [0.25, 0.3) is 0 Å². The van der Waals surface area contributed by atoms with Gasteiger partial charge in [0.25, 0.3) is 0 Å². The van der Waals surface area contributed by atoms with Crippen LogP contribution >= 0.6 is 0 Å². The molecule has 0 spiro atoms. The molecule has 2 rings (SSSR count). The first-order valence-electron chi connectivity index (χ1n) is 5.60.